The number of carboxylic acid groups (broad SMARTS) is 1. The van der Waals surface area contributed by atoms with Crippen molar-refractivity contribution in [2.24, 2.45) is 0 Å². The number of aromatic nitrogens is 1. The summed E-state index contributed by atoms with van der Waals surface area (Å²) in [4.78, 5) is 15.3. The van der Waals surface area contributed by atoms with Gasteiger partial charge in [-0.15, -0.1) is 0 Å². The van der Waals surface area contributed by atoms with Gasteiger partial charge in [0.25, 0.3) is 0 Å². The van der Waals surface area contributed by atoms with Gasteiger partial charge in [0.05, 0.1) is 24.3 Å². The van der Waals surface area contributed by atoms with Crippen molar-refractivity contribution in [3.8, 4) is 17.4 Å². The van der Waals surface area contributed by atoms with Crippen LogP contribution in [0.5, 0.6) is 17.4 Å². The molecule has 0 amide bonds. The third-order valence-electron chi connectivity index (χ3n) is 4.32. The van der Waals surface area contributed by atoms with E-state index in [2.05, 4.69) is 4.98 Å². The highest BCUT2D eigenvalue weighted by Gasteiger charge is 2.27. The molecule has 148 valence electrons. The van der Waals surface area contributed by atoms with Gasteiger partial charge >= 0.3 is 5.97 Å². The van der Waals surface area contributed by atoms with Crippen LogP contribution in [0.2, 0.25) is 0 Å². The smallest absolute Gasteiger partial charge is 0.335 e. The third-order valence-corrected chi connectivity index (χ3v) is 4.32. The number of hydrogen-bond acceptors (Lipinski definition) is 6. The quantitative estimate of drug-likeness (QED) is 0.644. The molecule has 1 saturated heterocycles. The van der Waals surface area contributed by atoms with Gasteiger partial charge in [0.15, 0.2) is 6.29 Å². The highest BCUT2D eigenvalue weighted by molar-refractivity contribution is 5.87. The van der Waals surface area contributed by atoms with Crippen molar-refractivity contribution in [2.75, 3.05) is 13.2 Å². The standard InChI is InChI=1S/C22H19NO6/c24-21(25)16-9-10-23-19(13-16)29-18-8-4-7-17(20(18)22-26-11-12-27-22)28-14-15-5-2-1-3-6-15/h1-10,13,22H,11-12,14H2,(H,24,25). The number of benzene rings is 2. The summed E-state index contributed by atoms with van der Waals surface area (Å²) in [7, 11) is 0. The fourth-order valence-electron chi connectivity index (χ4n) is 2.94. The van der Waals surface area contributed by atoms with E-state index >= 15 is 0 Å². The molecule has 1 N–H and O–H groups in total. The Bertz CT molecular complexity index is 986. The predicted octanol–water partition coefficient (Wildman–Crippen LogP) is 4.20. The molecule has 0 unspecified atom stereocenters. The number of pyridine rings is 1. The maximum Gasteiger partial charge on any atom is 0.335 e. The second-order valence-electron chi connectivity index (χ2n) is 6.31. The molecule has 0 bridgehead atoms. The summed E-state index contributed by atoms with van der Waals surface area (Å²) in [6, 6.07) is 17.9. The van der Waals surface area contributed by atoms with Gasteiger partial charge in [-0.2, -0.15) is 0 Å². The van der Waals surface area contributed by atoms with Crippen LogP contribution in [-0.2, 0) is 16.1 Å². The van der Waals surface area contributed by atoms with Gasteiger partial charge in [-0.05, 0) is 23.8 Å². The number of hydrogen-bond donors (Lipinski definition) is 1. The Morgan fingerprint density at radius 3 is 2.55 bits per heavy atom. The number of rotatable bonds is 7. The van der Waals surface area contributed by atoms with Crippen LogP contribution in [0.4, 0.5) is 0 Å². The summed E-state index contributed by atoms with van der Waals surface area (Å²) < 4.78 is 23.3. The second kappa shape index (κ2) is 8.72. The molecule has 0 radical (unpaired) electrons. The van der Waals surface area contributed by atoms with Crippen LogP contribution in [0.1, 0.15) is 27.8 Å². The number of ether oxygens (including phenoxy) is 4. The van der Waals surface area contributed by atoms with E-state index < -0.39 is 12.3 Å². The molecule has 1 fully saturated rings. The molecular formula is C22H19NO6. The SMILES string of the molecule is O=C(O)c1ccnc(Oc2cccc(OCc3ccccc3)c2C2OCCO2)c1. The van der Waals surface area contributed by atoms with Gasteiger partial charge in [0.1, 0.15) is 18.1 Å². The van der Waals surface area contributed by atoms with Crippen LogP contribution < -0.4 is 9.47 Å². The average Bonchev–Trinajstić information content (AvgIpc) is 3.28. The van der Waals surface area contributed by atoms with Crippen molar-refractivity contribution in [2.45, 2.75) is 12.9 Å². The van der Waals surface area contributed by atoms with Crippen LogP contribution in [0.25, 0.3) is 0 Å². The summed E-state index contributed by atoms with van der Waals surface area (Å²) in [5.41, 5.74) is 1.71. The molecule has 2 aromatic carbocycles. The van der Waals surface area contributed by atoms with Crippen molar-refractivity contribution >= 4 is 5.97 Å². The van der Waals surface area contributed by atoms with Crippen molar-refractivity contribution < 1.29 is 28.8 Å². The lowest BCUT2D eigenvalue weighted by Crippen LogP contribution is -2.06. The molecule has 0 saturated carbocycles. The summed E-state index contributed by atoms with van der Waals surface area (Å²) in [5, 5.41) is 9.18. The van der Waals surface area contributed by atoms with E-state index in [4.69, 9.17) is 18.9 Å². The lowest BCUT2D eigenvalue weighted by atomic mass is 10.1. The number of carbonyl (C=O) groups is 1. The molecule has 3 aromatic rings. The first kappa shape index (κ1) is 18.9. The number of nitrogens with zero attached hydrogens (tertiary/aromatic N) is 1. The van der Waals surface area contributed by atoms with E-state index in [-0.39, 0.29) is 11.4 Å². The van der Waals surface area contributed by atoms with E-state index in [1.807, 2.05) is 36.4 Å². The molecule has 7 nitrogen and oxygen atoms in total. The van der Waals surface area contributed by atoms with E-state index in [1.54, 1.807) is 12.1 Å². The van der Waals surface area contributed by atoms with Crippen LogP contribution in [0.15, 0.2) is 66.9 Å². The van der Waals surface area contributed by atoms with E-state index in [0.717, 1.165) is 5.56 Å². The van der Waals surface area contributed by atoms with Gasteiger partial charge in [-0.25, -0.2) is 9.78 Å². The lowest BCUT2D eigenvalue weighted by molar-refractivity contribution is -0.0470. The van der Waals surface area contributed by atoms with E-state index in [0.29, 0.717) is 36.9 Å². The van der Waals surface area contributed by atoms with Gasteiger partial charge < -0.3 is 24.1 Å². The topological polar surface area (TPSA) is 87.1 Å². The molecule has 2 heterocycles. The second-order valence-corrected chi connectivity index (χ2v) is 6.31. The minimum atomic E-state index is -1.06. The Morgan fingerprint density at radius 1 is 1.03 bits per heavy atom. The molecule has 0 atom stereocenters. The molecule has 1 aliphatic heterocycles. The third kappa shape index (κ3) is 4.53. The first-order valence-electron chi connectivity index (χ1n) is 9.11. The molecule has 29 heavy (non-hydrogen) atoms. The first-order valence-corrected chi connectivity index (χ1v) is 9.11. The van der Waals surface area contributed by atoms with Crippen molar-refractivity contribution in [1.82, 2.24) is 4.98 Å². The Labute approximate surface area is 167 Å². The zero-order chi connectivity index (χ0) is 20.1. The van der Waals surface area contributed by atoms with Gasteiger partial charge in [0.2, 0.25) is 5.88 Å². The summed E-state index contributed by atoms with van der Waals surface area (Å²) in [6.07, 6.45) is 0.746. The van der Waals surface area contributed by atoms with E-state index in [1.165, 1.54) is 18.3 Å². The molecule has 1 aliphatic rings. The number of aromatic carboxylic acids is 1. The lowest BCUT2D eigenvalue weighted by Gasteiger charge is -2.19. The molecular weight excluding hydrogens is 374 g/mol. The minimum absolute atomic E-state index is 0.0846. The average molecular weight is 393 g/mol. The Hall–Kier alpha value is -3.42. The van der Waals surface area contributed by atoms with Crippen molar-refractivity contribution in [3.63, 3.8) is 0 Å². The fraction of sp³-hybridized carbons (Fsp3) is 0.182. The van der Waals surface area contributed by atoms with Crippen molar-refractivity contribution in [3.05, 3.63) is 83.6 Å². The van der Waals surface area contributed by atoms with Gasteiger partial charge in [-0.3, -0.25) is 0 Å². The van der Waals surface area contributed by atoms with Gasteiger partial charge in [-0.1, -0.05) is 36.4 Å². The Morgan fingerprint density at radius 2 is 1.79 bits per heavy atom. The fourth-order valence-corrected chi connectivity index (χ4v) is 2.94. The molecule has 0 spiro atoms. The Balaban J connectivity index is 1.64. The van der Waals surface area contributed by atoms with Crippen LogP contribution in [0, 0.1) is 0 Å². The van der Waals surface area contributed by atoms with Crippen molar-refractivity contribution in [1.29, 1.82) is 0 Å². The van der Waals surface area contributed by atoms with Gasteiger partial charge in [0, 0.05) is 12.3 Å². The number of carboxylic acids is 1. The molecule has 4 rings (SSSR count). The zero-order valence-corrected chi connectivity index (χ0v) is 15.5. The minimum Gasteiger partial charge on any atom is -0.488 e. The highest BCUT2D eigenvalue weighted by atomic mass is 16.7. The van der Waals surface area contributed by atoms with Crippen LogP contribution in [0.3, 0.4) is 0 Å². The highest BCUT2D eigenvalue weighted by Crippen LogP contribution is 2.40. The maximum absolute atomic E-state index is 11.2. The molecule has 1 aromatic heterocycles. The summed E-state index contributed by atoms with van der Waals surface area (Å²) in [5.74, 6) is 0.0920. The largest absolute Gasteiger partial charge is 0.488 e. The molecule has 0 aliphatic carbocycles. The first-order chi connectivity index (χ1) is 14.2. The summed E-state index contributed by atoms with van der Waals surface area (Å²) >= 11 is 0. The Kier molecular flexibility index (Phi) is 5.69. The monoisotopic (exact) mass is 393 g/mol. The normalized spacial score (nSPS) is 13.9. The van der Waals surface area contributed by atoms with E-state index in [9.17, 15) is 9.90 Å². The molecule has 7 heteroatoms. The summed E-state index contributed by atoms with van der Waals surface area (Å²) in [6.45, 7) is 1.30. The van der Waals surface area contributed by atoms with Crippen LogP contribution >= 0.6 is 0 Å². The predicted molar refractivity (Wildman–Crippen MR) is 103 cm³/mol. The zero-order valence-electron chi connectivity index (χ0n) is 15.5. The van der Waals surface area contributed by atoms with Crippen LogP contribution in [-0.4, -0.2) is 29.3 Å². The maximum atomic E-state index is 11.2.